The average molecular weight is 314 g/mol. The molecule has 0 unspecified atom stereocenters. The summed E-state index contributed by atoms with van der Waals surface area (Å²) in [7, 11) is 0. The fraction of sp³-hybridized carbons (Fsp3) is 0.412. The van der Waals surface area contributed by atoms with Gasteiger partial charge >= 0.3 is 0 Å². The average Bonchev–Trinajstić information content (AvgIpc) is 2.98. The third-order valence-corrected chi connectivity index (χ3v) is 3.44. The number of rotatable bonds is 6. The minimum absolute atomic E-state index is 0.294. The molecule has 0 atom stereocenters. The predicted molar refractivity (Wildman–Crippen MR) is 90.0 cm³/mol. The standard InChI is InChI=1S/C17H22N4O2/c1-11(2)8-18-16-7-17(21-12(3)20-16)19-9-13-4-5-14-15(6-13)23-10-22-14/h4-7,11H,8-10H2,1-3H3,(H2,18,19,20,21). The van der Waals surface area contributed by atoms with Crippen LogP contribution in [0.1, 0.15) is 25.2 Å². The molecule has 0 saturated heterocycles. The molecule has 23 heavy (non-hydrogen) atoms. The zero-order chi connectivity index (χ0) is 16.2. The smallest absolute Gasteiger partial charge is 0.231 e. The fourth-order valence-corrected chi connectivity index (χ4v) is 2.30. The molecule has 2 aromatic rings. The Balaban J connectivity index is 1.65. The second-order valence-electron chi connectivity index (χ2n) is 6.00. The van der Waals surface area contributed by atoms with Crippen LogP contribution in [0.5, 0.6) is 11.5 Å². The summed E-state index contributed by atoms with van der Waals surface area (Å²) in [4.78, 5) is 8.84. The Morgan fingerprint density at radius 1 is 1.04 bits per heavy atom. The molecule has 0 radical (unpaired) electrons. The summed E-state index contributed by atoms with van der Waals surface area (Å²) < 4.78 is 10.7. The van der Waals surface area contributed by atoms with Gasteiger partial charge in [-0.05, 0) is 30.5 Å². The van der Waals surface area contributed by atoms with Gasteiger partial charge in [0.1, 0.15) is 17.5 Å². The Hall–Kier alpha value is -2.50. The van der Waals surface area contributed by atoms with E-state index in [2.05, 4.69) is 34.4 Å². The van der Waals surface area contributed by atoms with Crippen molar-refractivity contribution in [3.63, 3.8) is 0 Å². The molecular weight excluding hydrogens is 292 g/mol. The van der Waals surface area contributed by atoms with Crippen LogP contribution in [0, 0.1) is 12.8 Å². The van der Waals surface area contributed by atoms with Crippen molar-refractivity contribution in [2.75, 3.05) is 24.0 Å². The van der Waals surface area contributed by atoms with Gasteiger partial charge in [-0.2, -0.15) is 0 Å². The molecule has 0 aliphatic carbocycles. The first-order valence-electron chi connectivity index (χ1n) is 7.82. The number of aryl methyl sites for hydroxylation is 1. The summed E-state index contributed by atoms with van der Waals surface area (Å²) in [5.41, 5.74) is 1.11. The summed E-state index contributed by atoms with van der Waals surface area (Å²) in [5, 5.41) is 6.66. The van der Waals surface area contributed by atoms with Crippen LogP contribution in [0.3, 0.4) is 0 Å². The number of anilines is 2. The van der Waals surface area contributed by atoms with Gasteiger partial charge in [-0.3, -0.25) is 0 Å². The summed E-state index contributed by atoms with van der Waals surface area (Å²) in [6.07, 6.45) is 0. The van der Waals surface area contributed by atoms with E-state index in [0.717, 1.165) is 41.1 Å². The lowest BCUT2D eigenvalue weighted by Crippen LogP contribution is -2.11. The minimum Gasteiger partial charge on any atom is -0.454 e. The van der Waals surface area contributed by atoms with Gasteiger partial charge in [0.15, 0.2) is 11.5 Å². The predicted octanol–water partition coefficient (Wildman–Crippen LogP) is 3.19. The van der Waals surface area contributed by atoms with Gasteiger partial charge in [0.2, 0.25) is 6.79 Å². The van der Waals surface area contributed by atoms with Crippen molar-refractivity contribution in [2.45, 2.75) is 27.3 Å². The Kier molecular flexibility index (Phi) is 4.50. The van der Waals surface area contributed by atoms with E-state index in [1.807, 2.05) is 31.2 Å². The summed E-state index contributed by atoms with van der Waals surface area (Å²) in [5.74, 6) is 4.55. The first-order valence-corrected chi connectivity index (χ1v) is 7.82. The Bertz CT molecular complexity index is 688. The van der Waals surface area contributed by atoms with Crippen LogP contribution in [-0.4, -0.2) is 23.3 Å². The van der Waals surface area contributed by atoms with Crippen molar-refractivity contribution in [1.82, 2.24) is 9.97 Å². The molecule has 0 amide bonds. The molecule has 122 valence electrons. The second kappa shape index (κ2) is 6.73. The van der Waals surface area contributed by atoms with E-state index in [1.54, 1.807) is 0 Å². The molecule has 1 aliphatic rings. The molecule has 1 aromatic heterocycles. The maximum Gasteiger partial charge on any atom is 0.231 e. The van der Waals surface area contributed by atoms with E-state index in [0.29, 0.717) is 19.3 Å². The fourth-order valence-electron chi connectivity index (χ4n) is 2.30. The topological polar surface area (TPSA) is 68.3 Å². The van der Waals surface area contributed by atoms with Crippen LogP contribution in [0.15, 0.2) is 24.3 Å². The van der Waals surface area contributed by atoms with Crippen LogP contribution in [0.2, 0.25) is 0 Å². The molecular formula is C17H22N4O2. The molecule has 0 saturated carbocycles. The van der Waals surface area contributed by atoms with E-state index in [1.165, 1.54) is 0 Å². The zero-order valence-electron chi connectivity index (χ0n) is 13.7. The lowest BCUT2D eigenvalue weighted by Gasteiger charge is -2.11. The summed E-state index contributed by atoms with van der Waals surface area (Å²) >= 11 is 0. The number of benzene rings is 1. The van der Waals surface area contributed by atoms with Gasteiger partial charge in [0, 0.05) is 19.2 Å². The van der Waals surface area contributed by atoms with Crippen LogP contribution in [0.4, 0.5) is 11.6 Å². The highest BCUT2D eigenvalue weighted by molar-refractivity contribution is 5.49. The highest BCUT2D eigenvalue weighted by Crippen LogP contribution is 2.32. The maximum absolute atomic E-state index is 5.40. The van der Waals surface area contributed by atoms with Crippen molar-refractivity contribution >= 4 is 11.6 Å². The molecule has 1 aromatic carbocycles. The van der Waals surface area contributed by atoms with E-state index in [4.69, 9.17) is 9.47 Å². The highest BCUT2D eigenvalue weighted by atomic mass is 16.7. The molecule has 2 N–H and O–H groups in total. The van der Waals surface area contributed by atoms with E-state index in [9.17, 15) is 0 Å². The lowest BCUT2D eigenvalue weighted by molar-refractivity contribution is 0.174. The Morgan fingerprint density at radius 2 is 1.78 bits per heavy atom. The van der Waals surface area contributed by atoms with Crippen LogP contribution >= 0.6 is 0 Å². The maximum atomic E-state index is 5.40. The van der Waals surface area contributed by atoms with E-state index in [-0.39, 0.29) is 0 Å². The van der Waals surface area contributed by atoms with Gasteiger partial charge < -0.3 is 20.1 Å². The molecule has 0 bridgehead atoms. The van der Waals surface area contributed by atoms with Crippen LogP contribution in [0.25, 0.3) is 0 Å². The van der Waals surface area contributed by atoms with Gasteiger partial charge in [-0.25, -0.2) is 9.97 Å². The lowest BCUT2D eigenvalue weighted by atomic mass is 10.2. The Morgan fingerprint density at radius 3 is 2.57 bits per heavy atom. The van der Waals surface area contributed by atoms with Crippen molar-refractivity contribution in [3.8, 4) is 11.5 Å². The third kappa shape index (κ3) is 4.03. The molecule has 6 nitrogen and oxygen atoms in total. The minimum atomic E-state index is 0.294. The summed E-state index contributed by atoms with van der Waals surface area (Å²) in [6.45, 7) is 8.07. The molecule has 1 aliphatic heterocycles. The first kappa shape index (κ1) is 15.4. The van der Waals surface area contributed by atoms with E-state index < -0.39 is 0 Å². The van der Waals surface area contributed by atoms with Crippen molar-refractivity contribution in [3.05, 3.63) is 35.7 Å². The monoisotopic (exact) mass is 314 g/mol. The molecule has 6 heteroatoms. The number of hydrogen-bond donors (Lipinski definition) is 2. The first-order chi connectivity index (χ1) is 11.1. The third-order valence-electron chi connectivity index (χ3n) is 3.44. The zero-order valence-corrected chi connectivity index (χ0v) is 13.7. The van der Waals surface area contributed by atoms with Crippen molar-refractivity contribution in [1.29, 1.82) is 0 Å². The number of fused-ring (bicyclic) bond motifs is 1. The second-order valence-corrected chi connectivity index (χ2v) is 6.00. The molecule has 3 rings (SSSR count). The largest absolute Gasteiger partial charge is 0.454 e. The molecule has 0 spiro atoms. The normalized spacial score (nSPS) is 12.5. The van der Waals surface area contributed by atoms with Gasteiger partial charge in [-0.1, -0.05) is 19.9 Å². The number of nitrogens with one attached hydrogen (secondary N) is 2. The molecule has 0 fully saturated rings. The Labute approximate surface area is 136 Å². The van der Waals surface area contributed by atoms with Crippen LogP contribution < -0.4 is 20.1 Å². The van der Waals surface area contributed by atoms with Gasteiger partial charge in [0.25, 0.3) is 0 Å². The highest BCUT2D eigenvalue weighted by Gasteiger charge is 2.13. The quantitative estimate of drug-likeness (QED) is 0.853. The summed E-state index contributed by atoms with van der Waals surface area (Å²) in [6, 6.07) is 7.87. The number of aromatic nitrogens is 2. The number of hydrogen-bond acceptors (Lipinski definition) is 6. The van der Waals surface area contributed by atoms with Crippen molar-refractivity contribution < 1.29 is 9.47 Å². The van der Waals surface area contributed by atoms with Gasteiger partial charge in [-0.15, -0.1) is 0 Å². The van der Waals surface area contributed by atoms with Gasteiger partial charge in [0.05, 0.1) is 0 Å². The number of nitrogens with zero attached hydrogens (tertiary/aromatic N) is 2. The van der Waals surface area contributed by atoms with Crippen molar-refractivity contribution in [2.24, 2.45) is 5.92 Å². The SMILES string of the molecule is Cc1nc(NCc2ccc3c(c2)OCO3)cc(NCC(C)C)n1. The van der Waals surface area contributed by atoms with Crippen LogP contribution in [-0.2, 0) is 6.54 Å². The molecule has 2 heterocycles. The number of ether oxygens (including phenoxy) is 2. The van der Waals surface area contributed by atoms with E-state index >= 15 is 0 Å².